The largest absolute Gasteiger partial charge is 0.330 e. The predicted octanol–water partition coefficient (Wildman–Crippen LogP) is -0.370. The Morgan fingerprint density at radius 1 is 1.80 bits per heavy atom. The zero-order chi connectivity index (χ0) is 3.41. The Labute approximate surface area is 43.1 Å². The zero-order valence-corrected chi connectivity index (χ0v) is 5.18. The van der Waals surface area contributed by atoms with Crippen LogP contribution in [0.1, 0.15) is 0 Å². The van der Waals surface area contributed by atoms with Gasteiger partial charge in [0.25, 0.3) is 0 Å². The Bertz CT molecular complexity index is 20.9. The van der Waals surface area contributed by atoms with Gasteiger partial charge in [0.2, 0.25) is 0 Å². The molecular weight excluding hydrogens is 244 g/mol. The molecule has 0 aliphatic rings. The van der Waals surface area contributed by atoms with Crippen LogP contribution in [0.2, 0.25) is 0 Å². The number of hydrogen-bond acceptors (Lipinski definition) is 3. The summed E-state index contributed by atoms with van der Waals surface area (Å²) in [6, 6.07) is 0. The molecule has 0 aromatic rings. The molecule has 0 radical (unpaired) electrons. The Morgan fingerprint density at radius 3 is 2.00 bits per heavy atom. The summed E-state index contributed by atoms with van der Waals surface area (Å²) < 4.78 is 0. The Morgan fingerprint density at radius 2 is 2.00 bits per heavy atom. The van der Waals surface area contributed by atoms with Crippen LogP contribution in [-0.4, -0.2) is 11.7 Å². The second kappa shape index (κ2) is 8.92. The molecule has 0 aliphatic heterocycles. The van der Waals surface area contributed by atoms with Crippen molar-refractivity contribution in [2.24, 2.45) is 0 Å². The van der Waals surface area contributed by atoms with Crippen LogP contribution in [0.15, 0.2) is 0 Å². The van der Waals surface area contributed by atoms with Crippen LogP contribution in [0, 0.1) is 0 Å². The fraction of sp³-hybridized carbons (Fsp3) is 0. The van der Waals surface area contributed by atoms with E-state index in [1.54, 1.807) is 0 Å². The maximum atomic E-state index is 8.70. The van der Waals surface area contributed by atoms with Gasteiger partial charge in [-0.3, -0.25) is 4.79 Å². The third kappa shape index (κ3) is 14.8. The van der Waals surface area contributed by atoms with E-state index in [1.165, 1.54) is 0 Å². The van der Waals surface area contributed by atoms with Crippen LogP contribution >= 0.6 is 0 Å². The smallest absolute Gasteiger partial charge is 0.304 e. The van der Waals surface area contributed by atoms with Crippen LogP contribution in [0.5, 0.6) is 0 Å². The molecule has 0 amide bonds. The van der Waals surface area contributed by atoms with Gasteiger partial charge in [0.05, 0.1) is 0 Å². The molecule has 3 nitrogen and oxygen atoms in total. The monoisotopic (exact) mass is 246 g/mol. The number of carbonyl (C=O) groups excluding carboxylic acids is 1. The van der Waals surface area contributed by atoms with Crippen molar-refractivity contribution >= 4 is 6.47 Å². The Kier molecular flexibility index (Phi) is 15.9. The molecule has 5 heavy (non-hydrogen) atoms. The second-order valence-corrected chi connectivity index (χ2v) is 0.202. The van der Waals surface area contributed by atoms with Crippen molar-refractivity contribution < 1.29 is 36.0 Å². The van der Waals surface area contributed by atoms with Gasteiger partial charge >= 0.3 is 6.47 Å². The number of rotatable bonds is 1. The summed E-state index contributed by atoms with van der Waals surface area (Å²) >= 11 is 0. The summed E-state index contributed by atoms with van der Waals surface area (Å²) in [5.41, 5.74) is 0. The summed E-state index contributed by atoms with van der Waals surface area (Å²) in [7, 11) is 0. The molecule has 0 fully saturated rings. The summed E-state index contributed by atoms with van der Waals surface area (Å²) in [6.45, 7) is -0.0694. The molecule has 0 spiro atoms. The molecule has 0 aliphatic carbocycles. The molecule has 0 aromatic carbocycles. The fourth-order valence-corrected chi connectivity index (χ4v) is 0. The molecule has 1 N–H and O–H groups in total. The van der Waals surface area contributed by atoms with Crippen molar-refractivity contribution in [1.29, 1.82) is 0 Å². The predicted molar refractivity (Wildman–Crippen MR) is 9.78 cm³/mol. The van der Waals surface area contributed by atoms with Crippen LogP contribution in [0.25, 0.3) is 0 Å². The van der Waals surface area contributed by atoms with Gasteiger partial charge in [-0.25, -0.2) is 5.26 Å². The van der Waals surface area contributed by atoms with Gasteiger partial charge in [0.1, 0.15) is 0 Å². The number of carbonyl (C=O) groups is 1. The molecule has 0 rings (SSSR count). The second-order valence-electron chi connectivity index (χ2n) is 0.202. The third-order valence-electron chi connectivity index (χ3n) is 0.0430. The SMILES string of the molecule is O=COO.[W]. The molecule has 4 heteroatoms. The van der Waals surface area contributed by atoms with E-state index in [-0.39, 0.29) is 27.5 Å². The topological polar surface area (TPSA) is 46.5 Å². The van der Waals surface area contributed by atoms with Crippen LogP contribution in [0.4, 0.5) is 0 Å². The molecule has 0 unspecified atom stereocenters. The fourth-order valence-electron chi connectivity index (χ4n) is 0. The molecule has 30 valence electrons. The summed E-state index contributed by atoms with van der Waals surface area (Å²) in [6.07, 6.45) is 0. The first-order valence-electron chi connectivity index (χ1n) is 0.654. The van der Waals surface area contributed by atoms with Crippen LogP contribution in [-0.2, 0) is 30.7 Å². The molecule has 0 aromatic heterocycles. The Balaban J connectivity index is 0. The quantitative estimate of drug-likeness (QED) is 0.390. The van der Waals surface area contributed by atoms with E-state index >= 15 is 0 Å². The summed E-state index contributed by atoms with van der Waals surface area (Å²) in [5.74, 6) is 0. The Hall–Kier alpha value is 0.118. The summed E-state index contributed by atoms with van der Waals surface area (Å²) in [4.78, 5) is 11.6. The summed E-state index contributed by atoms with van der Waals surface area (Å²) in [5, 5.41) is 7.01. The van der Waals surface area contributed by atoms with E-state index in [9.17, 15) is 0 Å². The van der Waals surface area contributed by atoms with Crippen molar-refractivity contribution in [3.8, 4) is 0 Å². The molecule has 0 saturated heterocycles. The van der Waals surface area contributed by atoms with Gasteiger partial charge < -0.3 is 4.89 Å². The van der Waals surface area contributed by atoms with E-state index in [0.29, 0.717) is 0 Å². The van der Waals surface area contributed by atoms with Crippen molar-refractivity contribution in [1.82, 2.24) is 0 Å². The molecule has 0 bridgehead atoms. The minimum Gasteiger partial charge on any atom is -0.304 e. The van der Waals surface area contributed by atoms with Gasteiger partial charge in [-0.15, -0.1) is 0 Å². The van der Waals surface area contributed by atoms with Crippen LogP contribution in [0.3, 0.4) is 0 Å². The van der Waals surface area contributed by atoms with E-state index in [2.05, 4.69) is 4.89 Å². The van der Waals surface area contributed by atoms with Crippen molar-refractivity contribution in [3.63, 3.8) is 0 Å². The zero-order valence-electron chi connectivity index (χ0n) is 2.25. The number of hydrogen-bond donors (Lipinski definition) is 1. The molecule has 0 saturated carbocycles. The van der Waals surface area contributed by atoms with Crippen LogP contribution < -0.4 is 0 Å². The third-order valence-corrected chi connectivity index (χ3v) is 0.0430. The normalized spacial score (nSPS) is 4.20. The van der Waals surface area contributed by atoms with Crippen molar-refractivity contribution in [2.75, 3.05) is 0 Å². The average Bonchev–Trinajstić information content (AvgIpc) is 1.37. The minimum atomic E-state index is -0.0694. The van der Waals surface area contributed by atoms with E-state index < -0.39 is 0 Å². The molecular formula is CH2O3W. The molecule has 0 heterocycles. The van der Waals surface area contributed by atoms with Gasteiger partial charge in [-0.1, -0.05) is 0 Å². The molecule has 0 atom stereocenters. The van der Waals surface area contributed by atoms with Crippen molar-refractivity contribution in [3.05, 3.63) is 0 Å². The average molecular weight is 246 g/mol. The first kappa shape index (κ1) is 8.93. The first-order valence-corrected chi connectivity index (χ1v) is 0.654. The van der Waals surface area contributed by atoms with E-state index in [0.717, 1.165) is 0 Å². The van der Waals surface area contributed by atoms with Gasteiger partial charge in [0.15, 0.2) is 0 Å². The maximum Gasteiger partial charge on any atom is 0.330 e. The van der Waals surface area contributed by atoms with E-state index in [4.69, 9.17) is 10.1 Å². The van der Waals surface area contributed by atoms with Gasteiger partial charge in [-0.2, -0.15) is 0 Å². The van der Waals surface area contributed by atoms with Gasteiger partial charge in [-0.05, 0) is 0 Å². The van der Waals surface area contributed by atoms with Gasteiger partial charge in [0, 0.05) is 21.1 Å². The standard InChI is InChI=1S/CH2O3.W/c2-1-4-3;/h1,3H;. The first-order chi connectivity index (χ1) is 1.91. The minimum absolute atomic E-state index is 0. The maximum absolute atomic E-state index is 8.70. The van der Waals surface area contributed by atoms with Crippen molar-refractivity contribution in [2.45, 2.75) is 0 Å². The van der Waals surface area contributed by atoms with E-state index in [1.807, 2.05) is 0 Å².